The highest BCUT2D eigenvalue weighted by Crippen LogP contribution is 2.24. The van der Waals surface area contributed by atoms with E-state index in [9.17, 15) is 0 Å². The maximum atomic E-state index is 6.25. The Bertz CT molecular complexity index is 430. The highest BCUT2D eigenvalue weighted by Gasteiger charge is 2.20. The molecule has 0 bridgehead atoms. The molecule has 0 radical (unpaired) electrons. The molecule has 0 aliphatic heterocycles. The molecule has 0 saturated carbocycles. The summed E-state index contributed by atoms with van der Waals surface area (Å²) in [5.74, 6) is 0.779. The van der Waals surface area contributed by atoms with Crippen LogP contribution < -0.4 is 10.5 Å². The Morgan fingerprint density at radius 2 is 2.17 bits per heavy atom. The summed E-state index contributed by atoms with van der Waals surface area (Å²) in [7, 11) is 0. The normalized spacial score (nSPS) is 18.9. The van der Waals surface area contributed by atoms with E-state index in [4.69, 9.17) is 22.1 Å². The second-order valence-corrected chi connectivity index (χ2v) is 5.27. The van der Waals surface area contributed by atoms with E-state index in [1.54, 1.807) is 0 Å². The van der Waals surface area contributed by atoms with Crippen molar-refractivity contribution in [2.75, 3.05) is 0 Å². The maximum absolute atomic E-state index is 6.25. The molecule has 2 unspecified atom stereocenters. The predicted molar refractivity (Wildman–Crippen MR) is 76.1 cm³/mol. The van der Waals surface area contributed by atoms with Gasteiger partial charge in [0.05, 0.1) is 6.04 Å². The smallest absolute Gasteiger partial charge is 0.121 e. The van der Waals surface area contributed by atoms with Gasteiger partial charge in [-0.2, -0.15) is 0 Å². The number of rotatable bonds is 4. The summed E-state index contributed by atoms with van der Waals surface area (Å²) in [6.07, 6.45) is 7.00. The third-order valence-corrected chi connectivity index (χ3v) is 3.61. The van der Waals surface area contributed by atoms with Crippen molar-refractivity contribution in [2.45, 2.75) is 44.8 Å². The molecule has 0 fully saturated rings. The topological polar surface area (TPSA) is 35.2 Å². The van der Waals surface area contributed by atoms with Crippen LogP contribution in [0.3, 0.4) is 0 Å². The van der Waals surface area contributed by atoms with E-state index in [1.165, 1.54) is 18.4 Å². The molecule has 2 nitrogen and oxygen atoms in total. The van der Waals surface area contributed by atoms with Crippen LogP contribution in [0.15, 0.2) is 35.9 Å². The summed E-state index contributed by atoms with van der Waals surface area (Å²) in [4.78, 5) is 0. The Hall–Kier alpha value is -0.990. The second kappa shape index (κ2) is 6.26. The SMILES string of the molecule is CC(Oc1cccc(Cl)c1)C(N)C1=CCCCC1. The quantitative estimate of drug-likeness (QED) is 0.837. The largest absolute Gasteiger partial charge is 0.489 e. The van der Waals surface area contributed by atoms with Gasteiger partial charge in [0.1, 0.15) is 11.9 Å². The first kappa shape index (κ1) is 13.4. The number of allylic oxidation sites excluding steroid dienone is 1. The fraction of sp³-hybridized carbons (Fsp3) is 0.467. The summed E-state index contributed by atoms with van der Waals surface area (Å²) < 4.78 is 5.86. The van der Waals surface area contributed by atoms with Crippen molar-refractivity contribution in [3.63, 3.8) is 0 Å². The summed E-state index contributed by atoms with van der Waals surface area (Å²) in [6, 6.07) is 7.42. The van der Waals surface area contributed by atoms with Crippen LogP contribution >= 0.6 is 11.6 Å². The van der Waals surface area contributed by atoms with Crippen molar-refractivity contribution >= 4 is 11.6 Å². The Kier molecular flexibility index (Phi) is 4.67. The van der Waals surface area contributed by atoms with Crippen LogP contribution in [0.25, 0.3) is 0 Å². The average molecular weight is 266 g/mol. The van der Waals surface area contributed by atoms with Gasteiger partial charge in [-0.3, -0.25) is 0 Å². The van der Waals surface area contributed by atoms with Crippen LogP contribution in [-0.2, 0) is 0 Å². The highest BCUT2D eigenvalue weighted by atomic mass is 35.5. The van der Waals surface area contributed by atoms with Crippen LogP contribution in [-0.4, -0.2) is 12.1 Å². The van der Waals surface area contributed by atoms with Crippen molar-refractivity contribution in [1.82, 2.24) is 0 Å². The molecule has 1 aliphatic rings. The van der Waals surface area contributed by atoms with Crippen LogP contribution in [0.4, 0.5) is 0 Å². The van der Waals surface area contributed by atoms with Crippen molar-refractivity contribution in [1.29, 1.82) is 0 Å². The minimum absolute atomic E-state index is 0.0238. The van der Waals surface area contributed by atoms with Gasteiger partial charge in [-0.05, 0) is 50.8 Å². The molecule has 0 aromatic heterocycles. The van der Waals surface area contributed by atoms with E-state index in [1.807, 2.05) is 31.2 Å². The molecule has 98 valence electrons. The number of hydrogen-bond donors (Lipinski definition) is 1. The van der Waals surface area contributed by atoms with Gasteiger partial charge in [0.25, 0.3) is 0 Å². The molecule has 0 heterocycles. The van der Waals surface area contributed by atoms with E-state index >= 15 is 0 Å². The van der Waals surface area contributed by atoms with Crippen LogP contribution in [0.5, 0.6) is 5.75 Å². The maximum Gasteiger partial charge on any atom is 0.121 e. The minimum Gasteiger partial charge on any atom is -0.489 e. The lowest BCUT2D eigenvalue weighted by Crippen LogP contribution is -2.38. The summed E-state index contributed by atoms with van der Waals surface area (Å²) >= 11 is 5.93. The lowest BCUT2D eigenvalue weighted by atomic mass is 9.92. The van der Waals surface area contributed by atoms with Crippen LogP contribution in [0.1, 0.15) is 32.6 Å². The van der Waals surface area contributed by atoms with Crippen molar-refractivity contribution in [3.8, 4) is 5.75 Å². The number of nitrogens with two attached hydrogens (primary N) is 1. The molecule has 2 atom stereocenters. The van der Waals surface area contributed by atoms with Gasteiger partial charge < -0.3 is 10.5 Å². The van der Waals surface area contributed by atoms with Crippen LogP contribution in [0.2, 0.25) is 5.02 Å². The Morgan fingerprint density at radius 3 is 2.83 bits per heavy atom. The van der Waals surface area contributed by atoms with Gasteiger partial charge in [-0.25, -0.2) is 0 Å². The molecule has 2 rings (SSSR count). The van der Waals surface area contributed by atoms with Crippen molar-refractivity contribution < 1.29 is 4.74 Å². The molecule has 0 spiro atoms. The minimum atomic E-state index is -0.0344. The molecule has 2 N–H and O–H groups in total. The highest BCUT2D eigenvalue weighted by molar-refractivity contribution is 6.30. The summed E-state index contributed by atoms with van der Waals surface area (Å²) in [5.41, 5.74) is 7.58. The van der Waals surface area contributed by atoms with Gasteiger partial charge in [-0.15, -0.1) is 0 Å². The fourth-order valence-corrected chi connectivity index (χ4v) is 2.48. The van der Waals surface area contributed by atoms with E-state index in [0.717, 1.165) is 18.6 Å². The monoisotopic (exact) mass is 265 g/mol. The van der Waals surface area contributed by atoms with Crippen molar-refractivity contribution in [2.24, 2.45) is 5.73 Å². The molecular formula is C15H20ClNO. The zero-order chi connectivity index (χ0) is 13.0. The molecule has 1 aliphatic carbocycles. The van der Waals surface area contributed by atoms with Crippen molar-refractivity contribution in [3.05, 3.63) is 40.9 Å². The molecule has 18 heavy (non-hydrogen) atoms. The van der Waals surface area contributed by atoms with Gasteiger partial charge >= 0.3 is 0 Å². The first-order chi connectivity index (χ1) is 8.66. The Balaban J connectivity index is 1.98. The third-order valence-electron chi connectivity index (χ3n) is 3.38. The van der Waals surface area contributed by atoms with E-state index in [0.29, 0.717) is 5.02 Å². The second-order valence-electron chi connectivity index (χ2n) is 4.83. The summed E-state index contributed by atoms with van der Waals surface area (Å²) in [5, 5.41) is 0.685. The molecule has 0 amide bonds. The Labute approximate surface area is 114 Å². The lowest BCUT2D eigenvalue weighted by molar-refractivity contribution is 0.200. The van der Waals surface area contributed by atoms with Gasteiger partial charge in [0, 0.05) is 5.02 Å². The first-order valence-electron chi connectivity index (χ1n) is 6.53. The third kappa shape index (κ3) is 3.50. The molecule has 1 aromatic carbocycles. The van der Waals surface area contributed by atoms with Gasteiger partial charge in [0.15, 0.2) is 0 Å². The van der Waals surface area contributed by atoms with E-state index < -0.39 is 0 Å². The number of hydrogen-bond acceptors (Lipinski definition) is 2. The molecular weight excluding hydrogens is 246 g/mol. The summed E-state index contributed by atoms with van der Waals surface area (Å²) in [6.45, 7) is 2.01. The number of benzene rings is 1. The zero-order valence-corrected chi connectivity index (χ0v) is 11.5. The van der Waals surface area contributed by atoms with E-state index in [-0.39, 0.29) is 12.1 Å². The predicted octanol–water partition coefficient (Wildman–Crippen LogP) is 3.94. The van der Waals surface area contributed by atoms with E-state index in [2.05, 4.69) is 6.08 Å². The lowest BCUT2D eigenvalue weighted by Gasteiger charge is -2.26. The molecule has 1 aromatic rings. The standard InChI is InChI=1S/C15H20ClNO/c1-11(15(17)12-6-3-2-4-7-12)18-14-9-5-8-13(16)10-14/h5-6,8-11,15H,2-4,7,17H2,1H3. The van der Waals surface area contributed by atoms with Crippen LogP contribution in [0, 0.1) is 0 Å². The first-order valence-corrected chi connectivity index (χ1v) is 6.91. The number of halogens is 1. The average Bonchev–Trinajstić information content (AvgIpc) is 2.39. The van der Waals surface area contributed by atoms with Gasteiger partial charge in [0.2, 0.25) is 0 Å². The zero-order valence-electron chi connectivity index (χ0n) is 10.7. The Morgan fingerprint density at radius 1 is 1.33 bits per heavy atom. The molecule has 3 heteroatoms. The molecule has 0 saturated heterocycles. The fourth-order valence-electron chi connectivity index (χ4n) is 2.30. The van der Waals surface area contributed by atoms with Gasteiger partial charge in [-0.1, -0.05) is 29.3 Å². The number of ether oxygens (including phenoxy) is 1.